The maximum atomic E-state index is 12.4. The van der Waals surface area contributed by atoms with Crippen molar-refractivity contribution in [2.24, 2.45) is 0 Å². The van der Waals surface area contributed by atoms with Gasteiger partial charge in [-0.1, -0.05) is 16.8 Å². The number of anilines is 1. The molecule has 0 aliphatic rings. The van der Waals surface area contributed by atoms with E-state index in [4.69, 9.17) is 11.6 Å². The molecule has 9 heteroatoms. The third kappa shape index (κ3) is 3.10. The van der Waals surface area contributed by atoms with Crippen molar-refractivity contribution in [1.29, 1.82) is 0 Å². The zero-order valence-corrected chi connectivity index (χ0v) is 9.46. The van der Waals surface area contributed by atoms with Gasteiger partial charge in [-0.25, -0.2) is 9.97 Å². The van der Waals surface area contributed by atoms with E-state index in [9.17, 15) is 13.2 Å². The van der Waals surface area contributed by atoms with Crippen LogP contribution in [-0.4, -0.2) is 15.1 Å². The van der Waals surface area contributed by atoms with Gasteiger partial charge in [0.25, 0.3) is 0 Å². The molecule has 2 aromatic heterocycles. The minimum absolute atomic E-state index is 0.0367. The Morgan fingerprint density at radius 2 is 2.11 bits per heavy atom. The number of hydrogen-bond acceptors (Lipinski definition) is 5. The monoisotopic (exact) mass is 278 g/mol. The smallest absolute Gasteiger partial charge is 0.364 e. The van der Waals surface area contributed by atoms with E-state index in [1.165, 1.54) is 12.3 Å². The van der Waals surface area contributed by atoms with Crippen LogP contribution in [0.25, 0.3) is 0 Å². The van der Waals surface area contributed by atoms with Gasteiger partial charge in [0.15, 0.2) is 0 Å². The Morgan fingerprint density at radius 1 is 1.33 bits per heavy atom. The van der Waals surface area contributed by atoms with Crippen LogP contribution in [0.4, 0.5) is 19.0 Å². The van der Waals surface area contributed by atoms with Crippen LogP contribution in [-0.2, 0) is 12.7 Å². The Bertz CT molecular complexity index is 529. The summed E-state index contributed by atoms with van der Waals surface area (Å²) in [5, 5.41) is 5.94. The summed E-state index contributed by atoms with van der Waals surface area (Å²) in [5.74, 6) is -1.33. The predicted molar refractivity (Wildman–Crippen MR) is 55.9 cm³/mol. The molecule has 0 radical (unpaired) electrons. The molecule has 0 unspecified atom stereocenters. The second kappa shape index (κ2) is 4.81. The normalized spacial score (nSPS) is 11.6. The molecule has 96 valence electrons. The molecule has 0 bridgehead atoms. The molecular weight excluding hydrogens is 273 g/mol. The van der Waals surface area contributed by atoms with Crippen molar-refractivity contribution in [3.8, 4) is 0 Å². The van der Waals surface area contributed by atoms with E-state index in [1.54, 1.807) is 6.07 Å². The Hall–Kier alpha value is -1.83. The summed E-state index contributed by atoms with van der Waals surface area (Å²) >= 11 is 5.49. The minimum atomic E-state index is -4.64. The van der Waals surface area contributed by atoms with Crippen LogP contribution < -0.4 is 5.32 Å². The van der Waals surface area contributed by atoms with Gasteiger partial charge in [-0.15, -0.1) is 0 Å². The number of nitrogens with one attached hydrogen (secondary N) is 1. The lowest BCUT2D eigenvalue weighted by Crippen LogP contribution is -2.13. The first kappa shape index (κ1) is 12.6. The zero-order valence-electron chi connectivity index (χ0n) is 8.70. The third-order valence-corrected chi connectivity index (χ3v) is 2.08. The number of aromatic nitrogens is 3. The molecule has 18 heavy (non-hydrogen) atoms. The van der Waals surface area contributed by atoms with Crippen LogP contribution in [0.5, 0.6) is 0 Å². The molecule has 5 nitrogen and oxygen atoms in total. The molecule has 2 rings (SSSR count). The minimum Gasteiger partial charge on any atom is -0.364 e. The van der Waals surface area contributed by atoms with Crippen molar-refractivity contribution in [2.75, 3.05) is 5.32 Å². The fourth-order valence-corrected chi connectivity index (χ4v) is 1.33. The van der Waals surface area contributed by atoms with Crippen molar-refractivity contribution >= 4 is 17.4 Å². The maximum absolute atomic E-state index is 12.4. The van der Waals surface area contributed by atoms with Crippen LogP contribution in [0.1, 0.15) is 11.5 Å². The van der Waals surface area contributed by atoms with E-state index in [2.05, 4.69) is 25.0 Å². The predicted octanol–water partition coefficient (Wildman–Crippen LogP) is 2.75. The SMILES string of the molecule is FC(F)(F)c1nc(Cl)cc(NCc2ccon2)n1. The highest BCUT2D eigenvalue weighted by molar-refractivity contribution is 6.29. The number of rotatable bonds is 3. The fourth-order valence-electron chi connectivity index (χ4n) is 1.14. The van der Waals surface area contributed by atoms with Gasteiger partial charge in [-0.05, 0) is 0 Å². The lowest BCUT2D eigenvalue weighted by molar-refractivity contribution is -0.144. The van der Waals surface area contributed by atoms with E-state index in [-0.39, 0.29) is 17.5 Å². The average Bonchev–Trinajstić information content (AvgIpc) is 2.77. The summed E-state index contributed by atoms with van der Waals surface area (Å²) < 4.78 is 41.8. The first-order valence-electron chi connectivity index (χ1n) is 4.70. The van der Waals surface area contributed by atoms with Crippen molar-refractivity contribution in [3.63, 3.8) is 0 Å². The number of hydrogen-bond donors (Lipinski definition) is 1. The molecule has 0 aromatic carbocycles. The van der Waals surface area contributed by atoms with Gasteiger partial charge in [-0.2, -0.15) is 13.2 Å². The lowest BCUT2D eigenvalue weighted by Gasteiger charge is -2.08. The van der Waals surface area contributed by atoms with Crippen LogP contribution >= 0.6 is 11.6 Å². The van der Waals surface area contributed by atoms with Gasteiger partial charge in [0.1, 0.15) is 22.9 Å². The van der Waals surface area contributed by atoms with Crippen LogP contribution in [0.3, 0.4) is 0 Å². The summed E-state index contributed by atoms with van der Waals surface area (Å²) in [6.45, 7) is 0.168. The standard InChI is InChI=1S/C9H6ClF3N4O/c10-6-3-7(14-4-5-1-2-18-17-5)16-8(15-6)9(11,12)13/h1-3H,4H2,(H,14,15,16). The number of nitrogens with zero attached hydrogens (tertiary/aromatic N) is 3. The molecule has 0 aliphatic carbocycles. The Kier molecular flexibility index (Phi) is 3.37. The van der Waals surface area contributed by atoms with E-state index in [0.717, 1.165) is 0 Å². The van der Waals surface area contributed by atoms with Gasteiger partial charge < -0.3 is 9.84 Å². The van der Waals surface area contributed by atoms with E-state index in [1.807, 2.05) is 0 Å². The van der Waals surface area contributed by atoms with Crippen molar-refractivity contribution in [3.05, 3.63) is 35.1 Å². The highest BCUT2D eigenvalue weighted by atomic mass is 35.5. The van der Waals surface area contributed by atoms with Gasteiger partial charge >= 0.3 is 6.18 Å². The van der Waals surface area contributed by atoms with Crippen molar-refractivity contribution in [2.45, 2.75) is 12.7 Å². The first-order valence-corrected chi connectivity index (χ1v) is 5.08. The van der Waals surface area contributed by atoms with Crippen LogP contribution in [0, 0.1) is 0 Å². The number of halogens is 4. The summed E-state index contributed by atoms with van der Waals surface area (Å²) in [5.41, 5.74) is 0.526. The molecular formula is C9H6ClF3N4O. The molecule has 1 N–H and O–H groups in total. The second-order valence-corrected chi connectivity index (χ2v) is 3.63. The fraction of sp³-hybridized carbons (Fsp3) is 0.222. The topological polar surface area (TPSA) is 63.8 Å². The largest absolute Gasteiger partial charge is 0.451 e. The Morgan fingerprint density at radius 3 is 2.72 bits per heavy atom. The molecule has 2 aromatic rings. The molecule has 0 aliphatic heterocycles. The first-order chi connectivity index (χ1) is 8.45. The molecule has 2 heterocycles. The van der Waals surface area contributed by atoms with Crippen molar-refractivity contribution < 1.29 is 17.7 Å². The zero-order chi connectivity index (χ0) is 13.2. The Labute approximate surface area is 104 Å². The molecule has 0 saturated carbocycles. The summed E-state index contributed by atoms with van der Waals surface area (Å²) in [4.78, 5) is 6.42. The highest BCUT2D eigenvalue weighted by Gasteiger charge is 2.35. The van der Waals surface area contributed by atoms with Crippen LogP contribution in [0.15, 0.2) is 22.9 Å². The third-order valence-electron chi connectivity index (χ3n) is 1.89. The summed E-state index contributed by atoms with van der Waals surface area (Å²) in [7, 11) is 0. The highest BCUT2D eigenvalue weighted by Crippen LogP contribution is 2.28. The molecule has 0 fully saturated rings. The van der Waals surface area contributed by atoms with E-state index < -0.39 is 12.0 Å². The summed E-state index contributed by atoms with van der Waals surface area (Å²) in [6, 6.07) is 2.76. The lowest BCUT2D eigenvalue weighted by atomic mass is 10.4. The van der Waals surface area contributed by atoms with Gasteiger partial charge in [0.2, 0.25) is 5.82 Å². The second-order valence-electron chi connectivity index (χ2n) is 3.24. The average molecular weight is 279 g/mol. The van der Waals surface area contributed by atoms with Crippen molar-refractivity contribution in [1.82, 2.24) is 15.1 Å². The summed E-state index contributed by atoms with van der Waals surface area (Å²) in [6.07, 6.45) is -3.29. The molecule has 0 saturated heterocycles. The molecule has 0 spiro atoms. The van der Waals surface area contributed by atoms with Gasteiger partial charge in [-0.3, -0.25) is 0 Å². The quantitative estimate of drug-likeness (QED) is 0.875. The van der Waals surface area contributed by atoms with Crippen LogP contribution in [0.2, 0.25) is 5.15 Å². The van der Waals surface area contributed by atoms with Gasteiger partial charge in [0.05, 0.1) is 6.54 Å². The molecule has 0 atom stereocenters. The number of alkyl halides is 3. The maximum Gasteiger partial charge on any atom is 0.451 e. The molecule has 0 amide bonds. The van der Waals surface area contributed by atoms with E-state index >= 15 is 0 Å². The van der Waals surface area contributed by atoms with Gasteiger partial charge in [0, 0.05) is 12.1 Å². The Balaban J connectivity index is 2.15. The van der Waals surface area contributed by atoms with E-state index in [0.29, 0.717) is 5.69 Å².